The second kappa shape index (κ2) is 14.4. The van der Waals surface area contributed by atoms with Gasteiger partial charge in [0.2, 0.25) is 5.91 Å². The highest BCUT2D eigenvalue weighted by molar-refractivity contribution is 6.34. The van der Waals surface area contributed by atoms with E-state index in [1.54, 1.807) is 19.2 Å². The van der Waals surface area contributed by atoms with E-state index in [0.29, 0.717) is 48.2 Å². The molecule has 3 aromatic rings. The summed E-state index contributed by atoms with van der Waals surface area (Å²) in [5, 5.41) is 13.5. The second-order valence-corrected chi connectivity index (χ2v) is 14.0. The molecule has 2 aliphatic heterocycles. The molecule has 1 saturated carbocycles. The number of methoxy groups -OCH3 is 1. The van der Waals surface area contributed by atoms with Gasteiger partial charge in [0, 0.05) is 56.9 Å². The van der Waals surface area contributed by atoms with Gasteiger partial charge in [-0.3, -0.25) is 19.3 Å². The number of nitrogens with one attached hydrogen (secondary N) is 1. The fourth-order valence-electron chi connectivity index (χ4n) is 7.68. The van der Waals surface area contributed by atoms with Crippen molar-refractivity contribution in [3.63, 3.8) is 0 Å². The van der Waals surface area contributed by atoms with Crippen LogP contribution in [0.1, 0.15) is 54.9 Å². The van der Waals surface area contributed by atoms with Crippen molar-refractivity contribution in [1.29, 1.82) is 0 Å². The predicted octanol–water partition coefficient (Wildman–Crippen LogP) is 5.22. The van der Waals surface area contributed by atoms with Gasteiger partial charge in [0.25, 0.3) is 5.91 Å². The van der Waals surface area contributed by atoms with E-state index in [-0.39, 0.29) is 48.4 Å². The van der Waals surface area contributed by atoms with Crippen LogP contribution in [0.2, 0.25) is 5.02 Å². The number of carboxylic acid groups (broad SMARTS) is 1. The first-order chi connectivity index (χ1) is 22.6. The van der Waals surface area contributed by atoms with Crippen LogP contribution >= 0.6 is 11.6 Å². The quantitative estimate of drug-likeness (QED) is 0.306. The van der Waals surface area contributed by atoms with Crippen LogP contribution in [-0.4, -0.2) is 94.9 Å². The number of ether oxygens (including phenoxy) is 2. The molecule has 3 heterocycles. The largest absolute Gasteiger partial charge is 0.481 e. The molecule has 0 spiro atoms. The van der Waals surface area contributed by atoms with Crippen LogP contribution in [-0.2, 0) is 32.5 Å². The molecule has 1 aliphatic carbocycles. The summed E-state index contributed by atoms with van der Waals surface area (Å²) < 4.78 is 14.0. The zero-order chi connectivity index (χ0) is 33.2. The summed E-state index contributed by atoms with van der Waals surface area (Å²) in [6.07, 6.45) is 5.70. The molecular weight excluding hydrogens is 620 g/mol. The third kappa shape index (κ3) is 7.36. The average Bonchev–Trinajstić information content (AvgIpc) is 3.76. The van der Waals surface area contributed by atoms with E-state index >= 15 is 0 Å². The Bertz CT molecular complexity index is 1620. The molecular formula is C36H45ClN4O6. The lowest BCUT2D eigenvalue weighted by Crippen LogP contribution is -2.41. The van der Waals surface area contributed by atoms with E-state index in [0.717, 1.165) is 48.8 Å². The monoisotopic (exact) mass is 664 g/mol. The number of aryl methyl sites for hydroxylation is 1. The number of hydrogen-bond donors (Lipinski definition) is 2. The molecule has 0 bridgehead atoms. The number of aliphatic carboxylic acids is 1. The molecule has 2 saturated heterocycles. The Morgan fingerprint density at radius 2 is 1.81 bits per heavy atom. The maximum Gasteiger partial charge on any atom is 0.306 e. The molecule has 47 heavy (non-hydrogen) atoms. The van der Waals surface area contributed by atoms with E-state index < -0.39 is 5.97 Å². The third-order valence-electron chi connectivity index (χ3n) is 10.4. The maximum atomic E-state index is 13.9. The normalized spacial score (nSPS) is 26.6. The van der Waals surface area contributed by atoms with Gasteiger partial charge in [0.1, 0.15) is 0 Å². The average molecular weight is 665 g/mol. The summed E-state index contributed by atoms with van der Waals surface area (Å²) in [5.74, 6) is -0.838. The molecule has 2 aromatic carbocycles. The standard InChI is InChI=1S/C36H45ClN4O6/c1-22-17-40(20-33(22)46-3)25-16-26(21-47-27-11-9-24(10-12-27)36(44)45)41(18-25)34(42)15-23-8-13-31(30(37)14-23)38-35(43)29-19-39(2)32-7-5-4-6-28(29)32/h4-8,13-14,19,22,24-27,33H,9-12,15-18,20-21H2,1-3H3,(H,38,43)(H,44,45)/t22-,24?,25+,26+,27?,33+/m1/s1. The van der Waals surface area contributed by atoms with Crippen LogP contribution in [0, 0.1) is 11.8 Å². The van der Waals surface area contributed by atoms with Crippen LogP contribution in [0.15, 0.2) is 48.7 Å². The van der Waals surface area contributed by atoms with Crippen LogP contribution in [0.5, 0.6) is 0 Å². The number of carbonyl (C=O) groups excluding carboxylic acids is 2. The zero-order valence-corrected chi connectivity index (χ0v) is 28.1. The highest BCUT2D eigenvalue weighted by Crippen LogP contribution is 2.32. The first kappa shape index (κ1) is 33.5. The molecule has 0 radical (unpaired) electrons. The first-order valence-electron chi connectivity index (χ1n) is 16.7. The Morgan fingerprint density at radius 1 is 1.04 bits per heavy atom. The van der Waals surface area contributed by atoms with E-state index in [1.165, 1.54) is 0 Å². The van der Waals surface area contributed by atoms with Crippen LogP contribution in [0.4, 0.5) is 5.69 Å². The summed E-state index contributed by atoms with van der Waals surface area (Å²) in [6, 6.07) is 13.2. The van der Waals surface area contributed by atoms with Gasteiger partial charge in [-0.05, 0) is 61.8 Å². The molecule has 252 valence electrons. The second-order valence-electron chi connectivity index (χ2n) is 13.6. The Hall–Kier alpha value is -3.44. The van der Waals surface area contributed by atoms with Gasteiger partial charge in [-0.2, -0.15) is 0 Å². The summed E-state index contributed by atoms with van der Waals surface area (Å²) in [5.41, 5.74) is 2.79. The predicted molar refractivity (Wildman–Crippen MR) is 181 cm³/mol. The van der Waals surface area contributed by atoms with Crippen LogP contribution < -0.4 is 5.32 Å². The summed E-state index contributed by atoms with van der Waals surface area (Å²) >= 11 is 6.65. The number of likely N-dealkylation sites (tertiary alicyclic amines) is 2. The van der Waals surface area contributed by atoms with E-state index in [9.17, 15) is 19.5 Å². The topological polar surface area (TPSA) is 113 Å². The number of hydrogen-bond acceptors (Lipinski definition) is 6. The van der Waals surface area contributed by atoms with Crippen molar-refractivity contribution in [2.24, 2.45) is 18.9 Å². The number of nitrogens with zero attached hydrogens (tertiary/aromatic N) is 3. The van der Waals surface area contributed by atoms with Crippen LogP contribution in [0.25, 0.3) is 10.9 Å². The van der Waals surface area contributed by atoms with Crippen molar-refractivity contribution < 1.29 is 29.0 Å². The lowest BCUT2D eigenvalue weighted by atomic mass is 9.87. The maximum absolute atomic E-state index is 13.9. The van der Waals surface area contributed by atoms with Gasteiger partial charge in [-0.25, -0.2) is 0 Å². The third-order valence-corrected chi connectivity index (χ3v) is 10.7. The number of amides is 2. The first-order valence-corrected chi connectivity index (χ1v) is 17.0. The van der Waals surface area contributed by atoms with Gasteiger partial charge in [-0.1, -0.05) is 42.8 Å². The Balaban J connectivity index is 1.11. The minimum absolute atomic E-state index is 0.00910. The number of anilines is 1. The fraction of sp³-hybridized carbons (Fsp3) is 0.528. The molecule has 6 rings (SSSR count). The minimum atomic E-state index is -0.728. The van der Waals surface area contributed by atoms with Gasteiger partial charge >= 0.3 is 5.97 Å². The number of carboxylic acids is 1. The Labute approximate surface area is 280 Å². The number of carbonyl (C=O) groups is 3. The number of halogens is 1. The molecule has 3 aliphatic rings. The number of fused-ring (bicyclic) bond motifs is 1. The van der Waals surface area contributed by atoms with Crippen LogP contribution in [0.3, 0.4) is 0 Å². The van der Waals surface area contributed by atoms with Crippen molar-refractivity contribution in [2.45, 2.75) is 69.7 Å². The van der Waals surface area contributed by atoms with Gasteiger partial charge < -0.3 is 29.4 Å². The lowest BCUT2D eigenvalue weighted by Gasteiger charge is -2.30. The highest BCUT2D eigenvalue weighted by atomic mass is 35.5. The van der Waals surface area contributed by atoms with Crippen molar-refractivity contribution >= 4 is 46.0 Å². The van der Waals surface area contributed by atoms with E-state index in [2.05, 4.69) is 17.1 Å². The molecule has 2 amide bonds. The number of benzene rings is 2. The highest BCUT2D eigenvalue weighted by Gasteiger charge is 2.42. The molecule has 4 atom stereocenters. The van der Waals surface area contributed by atoms with E-state index in [4.69, 9.17) is 21.1 Å². The summed E-state index contributed by atoms with van der Waals surface area (Å²) in [7, 11) is 3.67. The van der Waals surface area contributed by atoms with Gasteiger partial charge in [0.05, 0.1) is 53.5 Å². The van der Waals surface area contributed by atoms with Crippen molar-refractivity contribution in [2.75, 3.05) is 38.7 Å². The lowest BCUT2D eigenvalue weighted by molar-refractivity contribution is -0.144. The molecule has 11 heteroatoms. The van der Waals surface area contributed by atoms with Gasteiger partial charge in [0.15, 0.2) is 0 Å². The molecule has 0 unspecified atom stereocenters. The molecule has 10 nitrogen and oxygen atoms in total. The number of rotatable bonds is 10. The SMILES string of the molecule is CO[C@H]1CN([C@H]2C[C@@H](COC3CCC(C(=O)O)CC3)N(C(=O)Cc3ccc(NC(=O)c4cn(C)c5ccccc45)c(Cl)c3)C2)C[C@H]1C. The van der Waals surface area contributed by atoms with Gasteiger partial charge in [-0.15, -0.1) is 0 Å². The molecule has 1 aromatic heterocycles. The van der Waals surface area contributed by atoms with Crippen molar-refractivity contribution in [3.05, 3.63) is 64.8 Å². The Morgan fingerprint density at radius 3 is 2.51 bits per heavy atom. The fourth-order valence-corrected chi connectivity index (χ4v) is 7.93. The molecule has 3 fully saturated rings. The van der Waals surface area contributed by atoms with Crippen molar-refractivity contribution in [1.82, 2.24) is 14.4 Å². The summed E-state index contributed by atoms with van der Waals surface area (Å²) in [4.78, 5) is 42.9. The Kier molecular flexibility index (Phi) is 10.2. The zero-order valence-electron chi connectivity index (χ0n) is 27.4. The smallest absolute Gasteiger partial charge is 0.306 e. The number of para-hydroxylation sites is 1. The number of aromatic nitrogens is 1. The summed E-state index contributed by atoms with van der Waals surface area (Å²) in [6.45, 7) is 5.03. The minimum Gasteiger partial charge on any atom is -0.481 e. The van der Waals surface area contributed by atoms with Crippen molar-refractivity contribution in [3.8, 4) is 0 Å². The molecule has 2 N–H and O–H groups in total. The van der Waals surface area contributed by atoms with E-state index in [1.807, 2.05) is 53.0 Å².